The average Bonchev–Trinajstić information content (AvgIpc) is 2.28. The zero-order chi connectivity index (χ0) is 10.0. The molecule has 4 heteroatoms. The van der Waals surface area contributed by atoms with Crippen LogP contribution < -0.4 is 0 Å². The van der Waals surface area contributed by atoms with Crippen LogP contribution in [0.4, 0.5) is 0 Å². The molecule has 2 atom stereocenters. The number of likely N-dealkylation sites (tertiary alicyclic amines) is 1. The summed E-state index contributed by atoms with van der Waals surface area (Å²) in [6.45, 7) is 5.89. The number of nitrogens with zero attached hydrogens (tertiary/aromatic N) is 1. The van der Waals surface area contributed by atoms with Crippen LogP contribution in [0.5, 0.6) is 0 Å². The van der Waals surface area contributed by atoms with Crippen molar-refractivity contribution >= 4 is 17.7 Å². The van der Waals surface area contributed by atoms with Gasteiger partial charge in [0.25, 0.3) is 0 Å². The maximum Gasteiger partial charge on any atom is 0.238 e. The molecule has 1 aliphatic heterocycles. The molecule has 2 unspecified atom stereocenters. The molecule has 1 saturated heterocycles. The van der Waals surface area contributed by atoms with Gasteiger partial charge in [0.05, 0.1) is 5.25 Å². The number of hydrogen-bond acceptors (Lipinski definition) is 3. The first-order valence-electron chi connectivity index (χ1n) is 4.69. The summed E-state index contributed by atoms with van der Waals surface area (Å²) in [5, 5.41) is 9.59. The van der Waals surface area contributed by atoms with Crippen molar-refractivity contribution in [3.63, 3.8) is 0 Å². The van der Waals surface area contributed by atoms with Gasteiger partial charge in [-0.3, -0.25) is 4.79 Å². The van der Waals surface area contributed by atoms with E-state index >= 15 is 0 Å². The monoisotopic (exact) mass is 203 g/mol. The van der Waals surface area contributed by atoms with Gasteiger partial charge in [-0.1, -0.05) is 6.92 Å². The number of carbonyl (C=O) groups excluding carboxylic acids is 1. The molecule has 0 aliphatic carbocycles. The number of aliphatic hydroxyl groups excluding tert-OH is 1. The SMILES string of the molecule is CCSC1CC(O)N(C(C)C)C1=O. The Bertz CT molecular complexity index is 196. The lowest BCUT2D eigenvalue weighted by Gasteiger charge is -2.24. The average molecular weight is 203 g/mol. The lowest BCUT2D eigenvalue weighted by atomic mass is 10.3. The first-order chi connectivity index (χ1) is 6.07. The van der Waals surface area contributed by atoms with Gasteiger partial charge < -0.3 is 10.0 Å². The number of carbonyl (C=O) groups is 1. The van der Waals surface area contributed by atoms with Crippen LogP contribution >= 0.6 is 11.8 Å². The molecule has 0 radical (unpaired) electrons. The van der Waals surface area contributed by atoms with Crippen molar-refractivity contribution in [1.82, 2.24) is 4.90 Å². The summed E-state index contributed by atoms with van der Waals surface area (Å²) in [6, 6.07) is 0.102. The second kappa shape index (κ2) is 4.33. The fourth-order valence-electron chi connectivity index (χ4n) is 1.66. The van der Waals surface area contributed by atoms with Crippen LogP contribution in [-0.4, -0.2) is 39.2 Å². The third-order valence-electron chi connectivity index (χ3n) is 2.20. The first kappa shape index (κ1) is 10.9. The third kappa shape index (κ3) is 2.17. The molecule has 1 fully saturated rings. The van der Waals surface area contributed by atoms with Crippen LogP contribution in [0.1, 0.15) is 27.2 Å². The smallest absolute Gasteiger partial charge is 0.238 e. The van der Waals surface area contributed by atoms with E-state index in [4.69, 9.17) is 0 Å². The number of rotatable bonds is 3. The minimum absolute atomic E-state index is 0.0256. The molecular weight excluding hydrogens is 186 g/mol. The molecular formula is C9H17NO2S. The number of amides is 1. The molecule has 1 amide bonds. The van der Waals surface area contributed by atoms with Crippen LogP contribution in [0.15, 0.2) is 0 Å². The van der Waals surface area contributed by atoms with E-state index in [0.717, 1.165) is 5.75 Å². The molecule has 1 N–H and O–H groups in total. The summed E-state index contributed by atoms with van der Waals surface area (Å²) in [6.07, 6.45) is 0.00625. The predicted octanol–water partition coefficient (Wildman–Crippen LogP) is 1.07. The highest BCUT2D eigenvalue weighted by molar-refractivity contribution is 8.00. The van der Waals surface area contributed by atoms with E-state index in [-0.39, 0.29) is 17.2 Å². The third-order valence-corrected chi connectivity index (χ3v) is 3.33. The van der Waals surface area contributed by atoms with Crippen LogP contribution in [0, 0.1) is 0 Å². The maximum atomic E-state index is 11.7. The topological polar surface area (TPSA) is 40.5 Å². The van der Waals surface area contributed by atoms with E-state index in [1.165, 1.54) is 0 Å². The van der Waals surface area contributed by atoms with Crippen LogP contribution in [0.2, 0.25) is 0 Å². The standard InChI is InChI=1S/C9H17NO2S/c1-4-13-7-5-8(11)10(6(2)3)9(7)12/h6-8,11H,4-5H2,1-3H3. The van der Waals surface area contributed by atoms with E-state index in [1.807, 2.05) is 20.8 Å². The van der Waals surface area contributed by atoms with Crippen molar-refractivity contribution in [2.45, 2.75) is 44.7 Å². The maximum absolute atomic E-state index is 11.7. The Kier molecular flexibility index (Phi) is 3.62. The Morgan fingerprint density at radius 2 is 2.31 bits per heavy atom. The molecule has 13 heavy (non-hydrogen) atoms. The van der Waals surface area contributed by atoms with E-state index in [9.17, 15) is 9.90 Å². The van der Waals surface area contributed by atoms with Crippen molar-refractivity contribution in [3.8, 4) is 0 Å². The Hall–Kier alpha value is -0.220. The van der Waals surface area contributed by atoms with Crippen LogP contribution in [0.3, 0.4) is 0 Å². The zero-order valence-electron chi connectivity index (χ0n) is 8.36. The van der Waals surface area contributed by atoms with E-state index in [0.29, 0.717) is 6.42 Å². The summed E-state index contributed by atoms with van der Waals surface area (Å²) in [4.78, 5) is 13.3. The molecule has 0 bridgehead atoms. The summed E-state index contributed by atoms with van der Waals surface area (Å²) in [5.41, 5.74) is 0. The lowest BCUT2D eigenvalue weighted by Crippen LogP contribution is -2.39. The molecule has 0 saturated carbocycles. The van der Waals surface area contributed by atoms with Crippen molar-refractivity contribution in [2.24, 2.45) is 0 Å². The van der Waals surface area contributed by atoms with Gasteiger partial charge in [0, 0.05) is 12.5 Å². The van der Waals surface area contributed by atoms with E-state index < -0.39 is 6.23 Å². The van der Waals surface area contributed by atoms with Crippen molar-refractivity contribution in [3.05, 3.63) is 0 Å². The van der Waals surface area contributed by atoms with Gasteiger partial charge in [-0.05, 0) is 19.6 Å². The fraction of sp³-hybridized carbons (Fsp3) is 0.889. The Morgan fingerprint density at radius 3 is 2.69 bits per heavy atom. The van der Waals surface area contributed by atoms with Gasteiger partial charge in [0.1, 0.15) is 6.23 Å². The highest BCUT2D eigenvalue weighted by Gasteiger charge is 2.39. The van der Waals surface area contributed by atoms with Gasteiger partial charge in [-0.15, -0.1) is 11.8 Å². The molecule has 1 rings (SSSR count). The Balaban J connectivity index is 2.64. The van der Waals surface area contributed by atoms with Gasteiger partial charge >= 0.3 is 0 Å². The first-order valence-corrected chi connectivity index (χ1v) is 5.74. The minimum Gasteiger partial charge on any atom is -0.373 e. The Labute approximate surface area is 83.5 Å². The zero-order valence-corrected chi connectivity index (χ0v) is 9.17. The quantitative estimate of drug-likeness (QED) is 0.746. The van der Waals surface area contributed by atoms with Gasteiger partial charge in [0.2, 0.25) is 5.91 Å². The van der Waals surface area contributed by atoms with Crippen molar-refractivity contribution in [1.29, 1.82) is 0 Å². The summed E-state index contributed by atoms with van der Waals surface area (Å²) in [5.74, 6) is 1.02. The summed E-state index contributed by atoms with van der Waals surface area (Å²) >= 11 is 1.62. The molecule has 0 aromatic rings. The number of aliphatic hydroxyl groups is 1. The van der Waals surface area contributed by atoms with Crippen LogP contribution in [0.25, 0.3) is 0 Å². The number of thioether (sulfide) groups is 1. The van der Waals surface area contributed by atoms with E-state index in [1.54, 1.807) is 16.7 Å². The molecule has 0 aromatic carbocycles. The molecule has 3 nitrogen and oxygen atoms in total. The van der Waals surface area contributed by atoms with Gasteiger partial charge in [0.15, 0.2) is 0 Å². The largest absolute Gasteiger partial charge is 0.373 e. The lowest BCUT2D eigenvalue weighted by molar-refractivity contribution is -0.135. The van der Waals surface area contributed by atoms with Crippen molar-refractivity contribution < 1.29 is 9.90 Å². The Morgan fingerprint density at radius 1 is 1.69 bits per heavy atom. The summed E-state index contributed by atoms with van der Waals surface area (Å²) < 4.78 is 0. The molecule has 76 valence electrons. The second-order valence-electron chi connectivity index (χ2n) is 3.50. The van der Waals surface area contributed by atoms with Crippen LogP contribution in [-0.2, 0) is 4.79 Å². The molecule has 0 aromatic heterocycles. The highest BCUT2D eigenvalue weighted by atomic mass is 32.2. The second-order valence-corrected chi connectivity index (χ2v) is 4.98. The fourth-order valence-corrected chi connectivity index (χ4v) is 2.63. The summed E-state index contributed by atoms with van der Waals surface area (Å²) in [7, 11) is 0. The molecule has 1 aliphatic rings. The van der Waals surface area contributed by atoms with E-state index in [2.05, 4.69) is 0 Å². The van der Waals surface area contributed by atoms with Gasteiger partial charge in [-0.2, -0.15) is 0 Å². The minimum atomic E-state index is -0.573. The molecule has 1 heterocycles. The number of hydrogen-bond donors (Lipinski definition) is 1. The van der Waals surface area contributed by atoms with Gasteiger partial charge in [-0.25, -0.2) is 0 Å². The highest BCUT2D eigenvalue weighted by Crippen LogP contribution is 2.28. The normalized spacial score (nSPS) is 29.0. The van der Waals surface area contributed by atoms with Crippen molar-refractivity contribution in [2.75, 3.05) is 5.75 Å². The predicted molar refractivity (Wildman–Crippen MR) is 54.5 cm³/mol. The molecule has 0 spiro atoms.